The van der Waals surface area contributed by atoms with E-state index >= 15 is 0 Å². The molecule has 2 aliphatic carbocycles. The third kappa shape index (κ3) is 3.19. The normalized spacial score (nSPS) is 38.4. The van der Waals surface area contributed by atoms with Crippen LogP contribution in [-0.4, -0.2) is 22.9 Å². The number of hydrogen-bond donors (Lipinski definition) is 2. The lowest BCUT2D eigenvalue weighted by Gasteiger charge is -2.58. The highest BCUT2D eigenvalue weighted by Gasteiger charge is 2.54. The molecule has 4 atom stereocenters. The topological polar surface area (TPSA) is 40.5 Å². The van der Waals surface area contributed by atoms with Crippen LogP contribution in [0.25, 0.3) is 0 Å². The van der Waals surface area contributed by atoms with Crippen LogP contribution in [-0.2, 0) is 0 Å². The van der Waals surface area contributed by atoms with Crippen LogP contribution in [0.5, 0.6) is 0 Å². The van der Waals surface area contributed by atoms with Crippen molar-refractivity contribution in [1.82, 2.24) is 0 Å². The second kappa shape index (κ2) is 6.49. The first kappa shape index (κ1) is 17.7. The van der Waals surface area contributed by atoms with Crippen LogP contribution < -0.4 is 0 Å². The molecule has 0 aromatic carbocycles. The fraction of sp³-hybridized carbons (Fsp3) is 0.800. The minimum absolute atomic E-state index is 0.136. The van der Waals surface area contributed by atoms with E-state index in [9.17, 15) is 5.11 Å². The summed E-state index contributed by atoms with van der Waals surface area (Å²) in [7, 11) is 0. The molecule has 4 unspecified atom stereocenters. The Morgan fingerprint density at radius 3 is 2.64 bits per heavy atom. The van der Waals surface area contributed by atoms with E-state index in [0.29, 0.717) is 11.8 Å². The van der Waals surface area contributed by atoms with Crippen molar-refractivity contribution in [3.8, 4) is 0 Å². The van der Waals surface area contributed by atoms with Crippen molar-refractivity contribution < 1.29 is 10.2 Å². The molecule has 0 bridgehead atoms. The van der Waals surface area contributed by atoms with Gasteiger partial charge >= 0.3 is 0 Å². The predicted molar refractivity (Wildman–Crippen MR) is 92.6 cm³/mol. The Morgan fingerprint density at radius 1 is 1.32 bits per heavy atom. The van der Waals surface area contributed by atoms with Crippen molar-refractivity contribution in [2.75, 3.05) is 6.61 Å². The number of aliphatic hydroxyl groups is 2. The van der Waals surface area contributed by atoms with E-state index in [1.54, 1.807) is 0 Å². The summed E-state index contributed by atoms with van der Waals surface area (Å²) in [6.07, 6.45) is 9.60. The van der Waals surface area contributed by atoms with E-state index in [1.807, 2.05) is 6.08 Å². The summed E-state index contributed by atoms with van der Waals surface area (Å²) in [6.45, 7) is 11.5. The molecule has 1 saturated carbocycles. The Morgan fingerprint density at radius 2 is 2.00 bits per heavy atom. The highest BCUT2D eigenvalue weighted by Crippen LogP contribution is 2.60. The van der Waals surface area contributed by atoms with Gasteiger partial charge in [-0.3, -0.25) is 0 Å². The molecule has 2 nitrogen and oxygen atoms in total. The first-order valence-electron chi connectivity index (χ1n) is 8.85. The van der Waals surface area contributed by atoms with Gasteiger partial charge in [0.1, 0.15) is 0 Å². The van der Waals surface area contributed by atoms with Crippen LogP contribution >= 0.6 is 0 Å². The molecule has 0 radical (unpaired) electrons. The number of rotatable bonds is 4. The van der Waals surface area contributed by atoms with Gasteiger partial charge in [-0.15, -0.1) is 0 Å². The fourth-order valence-electron chi connectivity index (χ4n) is 5.56. The minimum atomic E-state index is -0.300. The van der Waals surface area contributed by atoms with Crippen LogP contribution in [0.15, 0.2) is 23.3 Å². The van der Waals surface area contributed by atoms with Crippen LogP contribution in [0.1, 0.15) is 66.7 Å². The van der Waals surface area contributed by atoms with E-state index in [2.05, 4.69) is 40.7 Å². The maximum Gasteiger partial charge on any atom is 0.0762 e. The molecule has 1 fully saturated rings. The molecular formula is C20H34O2. The summed E-state index contributed by atoms with van der Waals surface area (Å²) in [4.78, 5) is 0. The van der Waals surface area contributed by atoms with Crippen molar-refractivity contribution >= 4 is 0 Å². The summed E-state index contributed by atoms with van der Waals surface area (Å²) in [5, 5.41) is 19.8. The van der Waals surface area contributed by atoms with Crippen molar-refractivity contribution in [3.63, 3.8) is 0 Å². The first-order chi connectivity index (χ1) is 10.2. The Bertz CT molecular complexity index is 460. The van der Waals surface area contributed by atoms with Gasteiger partial charge in [-0.1, -0.05) is 50.5 Å². The highest BCUT2D eigenvalue weighted by molar-refractivity contribution is 5.22. The lowest BCUT2D eigenvalue weighted by Crippen LogP contribution is -2.54. The molecule has 0 aromatic heterocycles. The maximum atomic E-state index is 10.7. The van der Waals surface area contributed by atoms with Crippen LogP contribution in [0.3, 0.4) is 0 Å². The fourth-order valence-corrected chi connectivity index (χ4v) is 5.56. The van der Waals surface area contributed by atoms with Crippen LogP contribution in [0.4, 0.5) is 0 Å². The summed E-state index contributed by atoms with van der Waals surface area (Å²) < 4.78 is 0. The summed E-state index contributed by atoms with van der Waals surface area (Å²) in [5.41, 5.74) is 3.04. The quantitative estimate of drug-likeness (QED) is 0.752. The molecule has 0 aromatic rings. The van der Waals surface area contributed by atoms with Crippen molar-refractivity contribution in [2.24, 2.45) is 22.7 Å². The largest absolute Gasteiger partial charge is 0.392 e. The van der Waals surface area contributed by atoms with Gasteiger partial charge in [0.25, 0.3) is 0 Å². The summed E-state index contributed by atoms with van der Waals surface area (Å²) >= 11 is 0. The first-order valence-corrected chi connectivity index (χ1v) is 8.85. The molecular weight excluding hydrogens is 272 g/mol. The van der Waals surface area contributed by atoms with E-state index in [1.165, 1.54) is 30.4 Å². The lowest BCUT2D eigenvalue weighted by atomic mass is 9.47. The van der Waals surface area contributed by atoms with Crippen LogP contribution in [0, 0.1) is 22.7 Å². The SMILES string of the molecule is CC(=CCO)CCC1C(C)=CC(O)C2C(C)(C)CCCC12C. The zero-order valence-electron chi connectivity index (χ0n) is 15.0. The molecule has 22 heavy (non-hydrogen) atoms. The van der Waals surface area contributed by atoms with E-state index < -0.39 is 0 Å². The molecule has 2 rings (SSSR count). The Kier molecular flexibility index (Phi) is 5.23. The number of allylic oxidation sites excluding steroid dienone is 2. The molecule has 0 heterocycles. The van der Waals surface area contributed by atoms with E-state index in [0.717, 1.165) is 12.8 Å². The predicted octanol–water partition coefficient (Wildman–Crippen LogP) is 4.47. The molecule has 0 aliphatic heterocycles. The van der Waals surface area contributed by atoms with Gasteiger partial charge in [0.2, 0.25) is 0 Å². The van der Waals surface area contributed by atoms with Crippen LogP contribution in [0.2, 0.25) is 0 Å². The monoisotopic (exact) mass is 306 g/mol. The van der Waals surface area contributed by atoms with Gasteiger partial charge in [-0.25, -0.2) is 0 Å². The maximum absolute atomic E-state index is 10.7. The van der Waals surface area contributed by atoms with Crippen molar-refractivity contribution in [1.29, 1.82) is 0 Å². The summed E-state index contributed by atoms with van der Waals surface area (Å²) in [6, 6.07) is 0. The van der Waals surface area contributed by atoms with Gasteiger partial charge in [-0.2, -0.15) is 0 Å². The second-order valence-corrected chi connectivity index (χ2v) is 8.55. The van der Waals surface area contributed by atoms with Gasteiger partial charge in [0.05, 0.1) is 12.7 Å². The van der Waals surface area contributed by atoms with Crippen molar-refractivity contribution in [3.05, 3.63) is 23.3 Å². The van der Waals surface area contributed by atoms with E-state index in [-0.39, 0.29) is 23.5 Å². The average molecular weight is 306 g/mol. The van der Waals surface area contributed by atoms with Gasteiger partial charge in [-0.05, 0) is 62.2 Å². The zero-order chi connectivity index (χ0) is 16.5. The molecule has 2 N–H and O–H groups in total. The van der Waals surface area contributed by atoms with Gasteiger partial charge < -0.3 is 10.2 Å². The Balaban J connectivity index is 2.28. The highest BCUT2D eigenvalue weighted by atomic mass is 16.3. The minimum Gasteiger partial charge on any atom is -0.392 e. The zero-order valence-corrected chi connectivity index (χ0v) is 15.0. The van der Waals surface area contributed by atoms with Gasteiger partial charge in [0.15, 0.2) is 0 Å². The van der Waals surface area contributed by atoms with Crippen molar-refractivity contribution in [2.45, 2.75) is 72.8 Å². The average Bonchev–Trinajstić information content (AvgIpc) is 2.36. The Hall–Kier alpha value is -0.600. The second-order valence-electron chi connectivity index (χ2n) is 8.55. The summed E-state index contributed by atoms with van der Waals surface area (Å²) in [5.74, 6) is 0.895. The smallest absolute Gasteiger partial charge is 0.0762 e. The molecule has 0 spiro atoms. The third-order valence-corrected chi connectivity index (χ3v) is 6.48. The van der Waals surface area contributed by atoms with E-state index in [4.69, 9.17) is 5.11 Å². The molecule has 126 valence electrons. The Labute approximate surface area is 136 Å². The van der Waals surface area contributed by atoms with Gasteiger partial charge in [0, 0.05) is 0 Å². The molecule has 2 aliphatic rings. The standard InChI is InChI=1S/C20H34O2/c1-14(9-12-21)7-8-16-15(2)13-17(22)18-19(3,4)10-6-11-20(16,18)5/h9,13,16-18,21-22H,6-8,10-12H2,1-5H3. The number of fused-ring (bicyclic) bond motifs is 1. The lowest BCUT2D eigenvalue weighted by molar-refractivity contribution is -0.0964. The molecule has 0 saturated heterocycles. The molecule has 0 amide bonds. The third-order valence-electron chi connectivity index (χ3n) is 6.48. The molecule has 2 heteroatoms. The number of aliphatic hydroxyl groups excluding tert-OH is 2. The number of hydrogen-bond acceptors (Lipinski definition) is 2.